The van der Waals surface area contributed by atoms with E-state index >= 15 is 0 Å². The molecule has 0 aliphatic rings. The van der Waals surface area contributed by atoms with Gasteiger partial charge in [0.15, 0.2) is 0 Å². The number of benzene rings is 1. The second-order valence-electron chi connectivity index (χ2n) is 5.59. The minimum absolute atomic E-state index is 0.236. The average molecular weight is 248 g/mol. The zero-order valence-corrected chi connectivity index (χ0v) is 12.2. The first kappa shape index (κ1) is 14.7. The third-order valence-corrected chi connectivity index (χ3v) is 2.74. The molecule has 0 saturated carbocycles. The molecule has 0 aromatic heterocycles. The fourth-order valence-corrected chi connectivity index (χ4v) is 1.93. The summed E-state index contributed by atoms with van der Waals surface area (Å²) in [5.74, 6) is -0.236. The molecule has 0 fully saturated rings. The van der Waals surface area contributed by atoms with Crippen LogP contribution < -0.4 is 0 Å². The first-order chi connectivity index (χ1) is 8.37. The van der Waals surface area contributed by atoms with Crippen LogP contribution in [0.15, 0.2) is 18.2 Å². The molecule has 0 radical (unpaired) electrons. The van der Waals surface area contributed by atoms with Crippen molar-refractivity contribution in [1.82, 2.24) is 0 Å². The first-order valence-corrected chi connectivity index (χ1v) is 6.72. The Kier molecular flexibility index (Phi) is 4.94. The van der Waals surface area contributed by atoms with Gasteiger partial charge in [-0.3, -0.25) is 0 Å². The van der Waals surface area contributed by atoms with Crippen molar-refractivity contribution in [1.29, 1.82) is 0 Å². The van der Waals surface area contributed by atoms with Gasteiger partial charge in [0.25, 0.3) is 0 Å². The quantitative estimate of drug-likeness (QED) is 0.748. The maximum atomic E-state index is 12.0. The van der Waals surface area contributed by atoms with Crippen molar-refractivity contribution in [3.63, 3.8) is 0 Å². The maximum Gasteiger partial charge on any atom is 0.338 e. The summed E-state index contributed by atoms with van der Waals surface area (Å²) < 4.78 is 5.38. The summed E-state index contributed by atoms with van der Waals surface area (Å²) in [6, 6.07) is 5.90. The predicted octanol–water partition coefficient (Wildman–Crippen LogP) is 4.16. The summed E-state index contributed by atoms with van der Waals surface area (Å²) in [4.78, 5) is 12.0. The Hall–Kier alpha value is -1.31. The molecule has 0 bridgehead atoms. The van der Waals surface area contributed by atoms with Crippen molar-refractivity contribution in [3.8, 4) is 0 Å². The molecular weight excluding hydrogens is 224 g/mol. The topological polar surface area (TPSA) is 26.3 Å². The molecule has 0 N–H and O–H groups in total. The molecule has 0 atom stereocenters. The van der Waals surface area contributed by atoms with E-state index in [4.69, 9.17) is 4.74 Å². The number of carbonyl (C=O) groups excluding carboxylic acids is 1. The number of aryl methyl sites for hydroxylation is 2. The second-order valence-corrected chi connectivity index (χ2v) is 5.59. The summed E-state index contributed by atoms with van der Waals surface area (Å²) in [5.41, 5.74) is 2.81. The van der Waals surface area contributed by atoms with Gasteiger partial charge in [0.1, 0.15) is 5.60 Å². The van der Waals surface area contributed by atoms with Crippen LogP contribution in [0.1, 0.15) is 62.5 Å². The summed E-state index contributed by atoms with van der Waals surface area (Å²) in [6.45, 7) is 9.94. The number of esters is 1. The van der Waals surface area contributed by atoms with Gasteiger partial charge in [0, 0.05) is 0 Å². The average Bonchev–Trinajstić information content (AvgIpc) is 2.27. The van der Waals surface area contributed by atoms with Crippen LogP contribution in [0.2, 0.25) is 0 Å². The number of carbonyl (C=O) groups is 1. The second kappa shape index (κ2) is 6.03. The largest absolute Gasteiger partial charge is 0.456 e. The SMILES string of the molecule is CCCc1ccc(C(=O)OC(C)(C)C)cc1CC. The highest BCUT2D eigenvalue weighted by Gasteiger charge is 2.18. The van der Waals surface area contributed by atoms with Gasteiger partial charge in [-0.2, -0.15) is 0 Å². The van der Waals surface area contributed by atoms with E-state index < -0.39 is 5.60 Å². The lowest BCUT2D eigenvalue weighted by Gasteiger charge is -2.20. The monoisotopic (exact) mass is 248 g/mol. The Balaban J connectivity index is 2.94. The Bertz CT molecular complexity index is 414. The van der Waals surface area contributed by atoms with Crippen molar-refractivity contribution in [2.24, 2.45) is 0 Å². The van der Waals surface area contributed by atoms with Crippen LogP contribution in [-0.2, 0) is 17.6 Å². The molecule has 0 unspecified atom stereocenters. The number of ether oxygens (including phenoxy) is 1. The normalized spacial score (nSPS) is 11.4. The molecule has 1 aromatic carbocycles. The summed E-state index contributed by atoms with van der Waals surface area (Å²) >= 11 is 0. The highest BCUT2D eigenvalue weighted by atomic mass is 16.6. The Morgan fingerprint density at radius 2 is 1.83 bits per heavy atom. The van der Waals surface area contributed by atoms with Gasteiger partial charge in [-0.25, -0.2) is 4.79 Å². The fourth-order valence-electron chi connectivity index (χ4n) is 1.93. The van der Waals surface area contributed by atoms with E-state index in [9.17, 15) is 4.79 Å². The Morgan fingerprint density at radius 3 is 2.33 bits per heavy atom. The zero-order chi connectivity index (χ0) is 13.8. The van der Waals surface area contributed by atoms with Gasteiger partial charge < -0.3 is 4.74 Å². The molecule has 0 amide bonds. The molecule has 0 saturated heterocycles. The van der Waals surface area contributed by atoms with Crippen molar-refractivity contribution < 1.29 is 9.53 Å². The smallest absolute Gasteiger partial charge is 0.338 e. The van der Waals surface area contributed by atoms with Crippen LogP contribution >= 0.6 is 0 Å². The minimum atomic E-state index is -0.439. The van der Waals surface area contributed by atoms with E-state index in [1.165, 1.54) is 11.1 Å². The molecule has 0 aliphatic carbocycles. The molecule has 1 aromatic rings. The number of rotatable bonds is 4. The lowest BCUT2D eigenvalue weighted by Crippen LogP contribution is -2.24. The van der Waals surface area contributed by atoms with Crippen LogP contribution in [0, 0.1) is 0 Å². The highest BCUT2D eigenvalue weighted by Crippen LogP contribution is 2.18. The van der Waals surface area contributed by atoms with Crippen molar-refractivity contribution in [3.05, 3.63) is 34.9 Å². The van der Waals surface area contributed by atoms with E-state index in [1.54, 1.807) is 0 Å². The van der Waals surface area contributed by atoms with E-state index in [0.717, 1.165) is 19.3 Å². The summed E-state index contributed by atoms with van der Waals surface area (Å²) in [6.07, 6.45) is 3.14. The molecule has 0 aliphatic heterocycles. The standard InChI is InChI=1S/C16H24O2/c1-6-8-13-9-10-14(11-12(13)7-2)15(17)18-16(3,4)5/h9-11H,6-8H2,1-5H3. The van der Waals surface area contributed by atoms with Gasteiger partial charge in [-0.15, -0.1) is 0 Å². The fraction of sp³-hybridized carbons (Fsp3) is 0.562. The van der Waals surface area contributed by atoms with E-state index in [-0.39, 0.29) is 5.97 Å². The third kappa shape index (κ3) is 4.17. The van der Waals surface area contributed by atoms with Crippen LogP contribution in [-0.4, -0.2) is 11.6 Å². The number of hydrogen-bond donors (Lipinski definition) is 0. The van der Waals surface area contributed by atoms with Crippen LogP contribution in [0.4, 0.5) is 0 Å². The molecule has 1 rings (SSSR count). The molecule has 0 heterocycles. The molecule has 2 heteroatoms. The molecule has 0 spiro atoms. The lowest BCUT2D eigenvalue weighted by atomic mass is 9.98. The highest BCUT2D eigenvalue weighted by molar-refractivity contribution is 5.90. The molecule has 18 heavy (non-hydrogen) atoms. The van der Waals surface area contributed by atoms with E-state index in [1.807, 2.05) is 32.9 Å². The van der Waals surface area contributed by atoms with Crippen LogP contribution in [0.25, 0.3) is 0 Å². The van der Waals surface area contributed by atoms with Gasteiger partial charge in [0.2, 0.25) is 0 Å². The molecule has 100 valence electrons. The van der Waals surface area contributed by atoms with Crippen molar-refractivity contribution >= 4 is 5.97 Å². The minimum Gasteiger partial charge on any atom is -0.456 e. The van der Waals surface area contributed by atoms with E-state index in [2.05, 4.69) is 19.9 Å². The van der Waals surface area contributed by atoms with Gasteiger partial charge in [0.05, 0.1) is 5.56 Å². The van der Waals surface area contributed by atoms with Crippen LogP contribution in [0.5, 0.6) is 0 Å². The molecule has 2 nitrogen and oxygen atoms in total. The third-order valence-electron chi connectivity index (χ3n) is 2.74. The van der Waals surface area contributed by atoms with Crippen molar-refractivity contribution in [2.75, 3.05) is 0 Å². The molecular formula is C16H24O2. The lowest BCUT2D eigenvalue weighted by molar-refractivity contribution is 0.00694. The van der Waals surface area contributed by atoms with Gasteiger partial charge in [-0.05, 0) is 56.9 Å². The van der Waals surface area contributed by atoms with Gasteiger partial charge in [-0.1, -0.05) is 26.3 Å². The number of hydrogen-bond acceptors (Lipinski definition) is 2. The van der Waals surface area contributed by atoms with Gasteiger partial charge >= 0.3 is 5.97 Å². The summed E-state index contributed by atoms with van der Waals surface area (Å²) in [7, 11) is 0. The summed E-state index contributed by atoms with van der Waals surface area (Å²) in [5, 5.41) is 0. The predicted molar refractivity (Wildman–Crippen MR) is 75.0 cm³/mol. The first-order valence-electron chi connectivity index (χ1n) is 6.72. The van der Waals surface area contributed by atoms with Crippen molar-refractivity contribution in [2.45, 2.75) is 59.5 Å². The van der Waals surface area contributed by atoms with Crippen LogP contribution in [0.3, 0.4) is 0 Å². The Morgan fingerprint density at radius 1 is 1.17 bits per heavy atom. The van der Waals surface area contributed by atoms with E-state index in [0.29, 0.717) is 5.56 Å². The zero-order valence-electron chi connectivity index (χ0n) is 12.2. The Labute approximate surface area is 110 Å². The maximum absolute atomic E-state index is 12.0.